The fraction of sp³-hybridized carbons (Fsp3) is 0.882. The first-order chi connectivity index (χ1) is 10.7. The summed E-state index contributed by atoms with van der Waals surface area (Å²) in [6.07, 6.45) is 6.25. The molecular weight excluding hydrogens is 278 g/mol. The van der Waals surface area contributed by atoms with Gasteiger partial charge in [0.1, 0.15) is 6.04 Å². The van der Waals surface area contributed by atoms with E-state index in [9.17, 15) is 9.90 Å². The van der Waals surface area contributed by atoms with E-state index in [1.807, 2.05) is 0 Å². The van der Waals surface area contributed by atoms with Crippen LogP contribution in [0.2, 0.25) is 0 Å². The average molecular weight is 303 g/mol. The summed E-state index contributed by atoms with van der Waals surface area (Å²) >= 11 is 0. The Kier molecular flexibility index (Phi) is 3.62. The largest absolute Gasteiger partial charge is 0.392 e. The molecule has 22 heavy (non-hydrogen) atoms. The van der Waals surface area contributed by atoms with Crippen molar-refractivity contribution in [1.82, 2.24) is 10.2 Å². The molecule has 6 unspecified atom stereocenters. The molecule has 0 aromatic rings. The summed E-state index contributed by atoms with van der Waals surface area (Å²) in [6.45, 7) is 1.03. The Morgan fingerprint density at radius 1 is 1.27 bits per heavy atom. The van der Waals surface area contributed by atoms with Crippen LogP contribution in [0.25, 0.3) is 0 Å². The Bertz CT molecular complexity index is 503. The van der Waals surface area contributed by atoms with Crippen LogP contribution < -0.4 is 5.32 Å². The van der Waals surface area contributed by atoms with Crippen LogP contribution in [0, 0.1) is 35.0 Å². The first-order valence-corrected chi connectivity index (χ1v) is 8.78. The molecule has 5 nitrogen and oxygen atoms in total. The predicted molar refractivity (Wildman–Crippen MR) is 80.6 cm³/mol. The number of nitriles is 1. The van der Waals surface area contributed by atoms with Crippen LogP contribution in [-0.4, -0.2) is 47.2 Å². The van der Waals surface area contributed by atoms with Crippen LogP contribution in [0.1, 0.15) is 38.5 Å². The number of carbonyl (C=O) groups is 1. The van der Waals surface area contributed by atoms with Gasteiger partial charge in [0, 0.05) is 18.5 Å². The van der Waals surface area contributed by atoms with Crippen LogP contribution in [0.15, 0.2) is 0 Å². The van der Waals surface area contributed by atoms with Gasteiger partial charge >= 0.3 is 0 Å². The van der Waals surface area contributed by atoms with E-state index in [4.69, 9.17) is 5.26 Å². The van der Waals surface area contributed by atoms with Crippen LogP contribution in [-0.2, 0) is 4.79 Å². The van der Waals surface area contributed by atoms with E-state index in [1.165, 1.54) is 12.8 Å². The summed E-state index contributed by atoms with van der Waals surface area (Å²) in [6, 6.07) is 2.28. The van der Waals surface area contributed by atoms with Gasteiger partial charge in [0.2, 0.25) is 5.91 Å². The molecule has 5 heteroatoms. The zero-order chi connectivity index (χ0) is 15.3. The number of carbonyl (C=O) groups excluding carboxylic acids is 1. The molecule has 0 radical (unpaired) electrons. The monoisotopic (exact) mass is 303 g/mol. The Labute approximate surface area is 131 Å². The molecule has 5 aliphatic rings. The second kappa shape index (κ2) is 5.50. The van der Waals surface area contributed by atoms with Gasteiger partial charge in [-0.3, -0.25) is 4.79 Å². The standard InChI is InChI=1S/C17H25N3O2/c18-8-13-2-1-3-20(13)15(21)9-19-16-11-4-10-5-12(7-11)17(22)14(16)6-10/h10-14,16-17,19,22H,1-7,9H2/t10?,11?,12?,13-,14?,16?,17?/m0/s1. The molecule has 120 valence electrons. The number of aliphatic hydroxyl groups excluding tert-OH is 1. The highest BCUT2D eigenvalue weighted by atomic mass is 16.3. The second-order valence-corrected chi connectivity index (χ2v) is 7.76. The number of amides is 1. The molecule has 1 heterocycles. The van der Waals surface area contributed by atoms with Crippen LogP contribution >= 0.6 is 0 Å². The zero-order valence-electron chi connectivity index (χ0n) is 12.9. The molecule has 1 amide bonds. The van der Waals surface area contributed by atoms with Crippen LogP contribution in [0.5, 0.6) is 0 Å². The lowest BCUT2D eigenvalue weighted by atomic mass is 9.53. The predicted octanol–water partition coefficient (Wildman–Crippen LogP) is 0.886. The summed E-state index contributed by atoms with van der Waals surface area (Å²) in [5, 5.41) is 23.0. The van der Waals surface area contributed by atoms with E-state index >= 15 is 0 Å². The van der Waals surface area contributed by atoms with Crippen molar-refractivity contribution >= 4 is 5.91 Å². The maximum Gasteiger partial charge on any atom is 0.237 e. The fourth-order valence-corrected chi connectivity index (χ4v) is 5.71. The SMILES string of the molecule is N#C[C@@H]1CCCN1C(=O)CNC1C2CC3CC(C2)C(O)C1C3. The van der Waals surface area contributed by atoms with Crippen LogP contribution in [0.4, 0.5) is 0 Å². The minimum atomic E-state index is -0.238. The quantitative estimate of drug-likeness (QED) is 0.812. The summed E-state index contributed by atoms with van der Waals surface area (Å²) in [4.78, 5) is 14.1. The number of rotatable bonds is 3. The third-order valence-corrected chi connectivity index (χ3v) is 6.59. The van der Waals surface area contributed by atoms with E-state index in [0.717, 1.165) is 31.6 Å². The van der Waals surface area contributed by atoms with E-state index in [1.54, 1.807) is 4.90 Å². The molecule has 5 rings (SSSR count). The lowest BCUT2D eigenvalue weighted by Gasteiger charge is -2.57. The van der Waals surface area contributed by atoms with Crippen molar-refractivity contribution in [3.63, 3.8) is 0 Å². The number of aliphatic hydroxyl groups is 1. The third kappa shape index (κ3) is 2.24. The number of hydrogen-bond acceptors (Lipinski definition) is 4. The lowest BCUT2D eigenvalue weighted by Crippen LogP contribution is -2.61. The molecule has 5 fully saturated rings. The molecule has 0 spiro atoms. The number of hydrogen-bond donors (Lipinski definition) is 2. The third-order valence-electron chi connectivity index (χ3n) is 6.59. The number of nitrogens with one attached hydrogen (secondary N) is 1. The van der Waals surface area contributed by atoms with Gasteiger partial charge in [-0.1, -0.05) is 0 Å². The van der Waals surface area contributed by atoms with Crippen molar-refractivity contribution in [2.75, 3.05) is 13.1 Å². The molecular formula is C17H25N3O2. The Hall–Kier alpha value is -1.12. The number of nitrogens with zero attached hydrogens (tertiary/aromatic N) is 2. The van der Waals surface area contributed by atoms with Crippen LogP contribution in [0.3, 0.4) is 0 Å². The highest BCUT2D eigenvalue weighted by Crippen LogP contribution is 2.53. The topological polar surface area (TPSA) is 76.4 Å². The summed E-state index contributed by atoms with van der Waals surface area (Å²) < 4.78 is 0. The van der Waals surface area contributed by atoms with Crippen molar-refractivity contribution in [2.24, 2.45) is 23.7 Å². The zero-order valence-corrected chi connectivity index (χ0v) is 12.9. The minimum Gasteiger partial charge on any atom is -0.392 e. The van der Waals surface area contributed by atoms with Crippen molar-refractivity contribution in [2.45, 2.75) is 56.7 Å². The Morgan fingerprint density at radius 2 is 2.09 bits per heavy atom. The first-order valence-electron chi connectivity index (χ1n) is 8.78. The maximum absolute atomic E-state index is 12.4. The van der Waals surface area contributed by atoms with Gasteiger partial charge in [0.25, 0.3) is 0 Å². The molecule has 7 atom stereocenters. The van der Waals surface area contributed by atoms with E-state index < -0.39 is 0 Å². The average Bonchev–Trinajstić information content (AvgIpc) is 2.99. The van der Waals surface area contributed by atoms with Gasteiger partial charge in [-0.2, -0.15) is 5.26 Å². The Balaban J connectivity index is 1.38. The van der Waals surface area contributed by atoms with Crippen molar-refractivity contribution < 1.29 is 9.90 Å². The van der Waals surface area contributed by atoms with Gasteiger partial charge < -0.3 is 15.3 Å². The van der Waals surface area contributed by atoms with E-state index in [0.29, 0.717) is 30.8 Å². The maximum atomic E-state index is 12.4. The summed E-state index contributed by atoms with van der Waals surface area (Å²) in [5.74, 6) is 2.30. The molecule has 1 aliphatic heterocycles. The van der Waals surface area contributed by atoms with Gasteiger partial charge in [0.15, 0.2) is 0 Å². The van der Waals surface area contributed by atoms with E-state index in [2.05, 4.69) is 11.4 Å². The van der Waals surface area contributed by atoms with Crippen molar-refractivity contribution in [3.8, 4) is 6.07 Å². The molecule has 4 saturated carbocycles. The van der Waals surface area contributed by atoms with Crippen molar-refractivity contribution in [3.05, 3.63) is 0 Å². The molecule has 0 aromatic heterocycles. The van der Waals surface area contributed by atoms with Gasteiger partial charge in [-0.15, -0.1) is 0 Å². The summed E-state index contributed by atoms with van der Waals surface area (Å²) in [5.41, 5.74) is 0. The molecule has 2 N–H and O–H groups in total. The second-order valence-electron chi connectivity index (χ2n) is 7.76. The van der Waals surface area contributed by atoms with E-state index in [-0.39, 0.29) is 24.1 Å². The Morgan fingerprint density at radius 3 is 2.91 bits per heavy atom. The normalized spacial score (nSPS) is 46.0. The first kappa shape index (κ1) is 14.5. The molecule has 4 aliphatic carbocycles. The minimum absolute atomic E-state index is 0.0485. The van der Waals surface area contributed by atoms with Gasteiger partial charge in [0.05, 0.1) is 18.7 Å². The molecule has 1 saturated heterocycles. The highest BCUT2D eigenvalue weighted by molar-refractivity contribution is 5.79. The van der Waals surface area contributed by atoms with Gasteiger partial charge in [-0.25, -0.2) is 0 Å². The fourth-order valence-electron chi connectivity index (χ4n) is 5.71. The van der Waals surface area contributed by atoms with Crippen molar-refractivity contribution in [1.29, 1.82) is 5.26 Å². The van der Waals surface area contributed by atoms with Gasteiger partial charge in [-0.05, 0) is 56.3 Å². The number of likely N-dealkylation sites (tertiary alicyclic amines) is 1. The summed E-state index contributed by atoms with van der Waals surface area (Å²) in [7, 11) is 0. The smallest absolute Gasteiger partial charge is 0.237 e. The molecule has 0 aromatic carbocycles. The highest BCUT2D eigenvalue weighted by Gasteiger charge is 2.53. The lowest BCUT2D eigenvalue weighted by molar-refractivity contribution is -0.133. The molecule has 4 bridgehead atoms.